The SMILES string of the molecule is CC(C)(C)OOC(=O)C(F)(F)C(F)F. The Hall–Kier alpha value is -0.850. The van der Waals surface area contributed by atoms with E-state index in [4.69, 9.17) is 0 Å². The summed E-state index contributed by atoms with van der Waals surface area (Å²) in [5, 5.41) is 0. The number of carbonyl (C=O) groups excluding carboxylic acids is 1. The zero-order valence-corrected chi connectivity index (χ0v) is 7.81. The molecule has 14 heavy (non-hydrogen) atoms. The predicted molar refractivity (Wildman–Crippen MR) is 37.9 cm³/mol. The zero-order valence-electron chi connectivity index (χ0n) is 7.81. The van der Waals surface area contributed by atoms with Crippen molar-refractivity contribution < 1.29 is 32.1 Å². The molecule has 0 atom stereocenters. The van der Waals surface area contributed by atoms with E-state index in [1.54, 1.807) is 0 Å². The quantitative estimate of drug-likeness (QED) is 0.413. The molecule has 7 heteroatoms. The van der Waals surface area contributed by atoms with Crippen molar-refractivity contribution in [3.05, 3.63) is 0 Å². The van der Waals surface area contributed by atoms with Crippen LogP contribution in [0.1, 0.15) is 20.8 Å². The summed E-state index contributed by atoms with van der Waals surface area (Å²) in [7, 11) is 0. The lowest BCUT2D eigenvalue weighted by atomic mass is 10.2. The Balaban J connectivity index is 4.23. The van der Waals surface area contributed by atoms with E-state index >= 15 is 0 Å². The molecule has 3 nitrogen and oxygen atoms in total. The van der Waals surface area contributed by atoms with Crippen LogP contribution in [0.25, 0.3) is 0 Å². The normalized spacial score (nSPS) is 13.1. The second-order valence-corrected chi connectivity index (χ2v) is 3.49. The molecule has 0 rings (SSSR count). The van der Waals surface area contributed by atoms with Gasteiger partial charge >= 0.3 is 18.3 Å². The molecular weight excluding hydrogens is 208 g/mol. The standard InChI is InChI=1S/C7H10F4O3/c1-6(2,3)14-13-5(12)7(10,11)4(8)9/h4H,1-3H3. The summed E-state index contributed by atoms with van der Waals surface area (Å²) >= 11 is 0. The molecule has 0 aromatic carbocycles. The van der Waals surface area contributed by atoms with E-state index in [9.17, 15) is 22.4 Å². The van der Waals surface area contributed by atoms with E-state index in [1.165, 1.54) is 20.8 Å². The molecule has 84 valence electrons. The lowest BCUT2D eigenvalue weighted by Crippen LogP contribution is -2.39. The summed E-state index contributed by atoms with van der Waals surface area (Å²) in [4.78, 5) is 18.1. The van der Waals surface area contributed by atoms with Gasteiger partial charge in [-0.1, -0.05) is 0 Å². The van der Waals surface area contributed by atoms with Crippen LogP contribution in [-0.4, -0.2) is 23.9 Å². The summed E-state index contributed by atoms with van der Waals surface area (Å²) < 4.78 is 47.6. The van der Waals surface area contributed by atoms with E-state index in [0.29, 0.717) is 0 Å². The molecule has 0 fully saturated rings. The topological polar surface area (TPSA) is 35.5 Å². The second-order valence-electron chi connectivity index (χ2n) is 3.49. The smallest absolute Gasteiger partial charge is 0.291 e. The summed E-state index contributed by atoms with van der Waals surface area (Å²) in [6, 6.07) is 0. The summed E-state index contributed by atoms with van der Waals surface area (Å²) in [5.74, 6) is -7.24. The Bertz CT molecular complexity index is 209. The first-order chi connectivity index (χ1) is 6.07. The van der Waals surface area contributed by atoms with Gasteiger partial charge in [0.2, 0.25) is 0 Å². The van der Waals surface area contributed by atoms with Crippen LogP contribution in [0.4, 0.5) is 17.6 Å². The van der Waals surface area contributed by atoms with Crippen LogP contribution in [0.2, 0.25) is 0 Å². The largest absolute Gasteiger partial charge is 0.417 e. The molecule has 0 aliphatic carbocycles. The lowest BCUT2D eigenvalue weighted by molar-refractivity contribution is -0.336. The van der Waals surface area contributed by atoms with Gasteiger partial charge in [0.15, 0.2) is 0 Å². The first kappa shape index (κ1) is 13.2. The average Bonchev–Trinajstić information content (AvgIpc) is 1.98. The molecule has 0 saturated carbocycles. The molecule has 0 radical (unpaired) electrons. The summed E-state index contributed by atoms with van der Waals surface area (Å²) in [6.07, 6.45) is -4.11. The molecular formula is C7H10F4O3. The van der Waals surface area contributed by atoms with Gasteiger partial charge in [0.1, 0.15) is 5.60 Å². The van der Waals surface area contributed by atoms with Crippen molar-refractivity contribution in [2.75, 3.05) is 0 Å². The van der Waals surface area contributed by atoms with Crippen molar-refractivity contribution in [2.45, 2.75) is 38.7 Å². The van der Waals surface area contributed by atoms with Crippen molar-refractivity contribution in [1.82, 2.24) is 0 Å². The molecule has 0 aromatic heterocycles. The average molecular weight is 218 g/mol. The molecule has 0 aliphatic rings. The Morgan fingerprint density at radius 1 is 1.21 bits per heavy atom. The van der Waals surface area contributed by atoms with Crippen LogP contribution in [0.3, 0.4) is 0 Å². The number of hydrogen-bond acceptors (Lipinski definition) is 3. The van der Waals surface area contributed by atoms with Crippen molar-refractivity contribution >= 4 is 5.97 Å². The van der Waals surface area contributed by atoms with Crippen molar-refractivity contribution in [3.8, 4) is 0 Å². The maximum absolute atomic E-state index is 12.2. The van der Waals surface area contributed by atoms with Crippen LogP contribution < -0.4 is 0 Å². The molecule has 0 spiro atoms. The summed E-state index contributed by atoms with van der Waals surface area (Å²) in [6.45, 7) is 4.21. The third-order valence-corrected chi connectivity index (χ3v) is 0.914. The van der Waals surface area contributed by atoms with Gasteiger partial charge in [-0.05, 0) is 20.8 Å². The molecule has 0 N–H and O–H groups in total. The van der Waals surface area contributed by atoms with E-state index in [2.05, 4.69) is 9.78 Å². The molecule has 0 amide bonds. The molecule has 0 heterocycles. The maximum atomic E-state index is 12.2. The van der Waals surface area contributed by atoms with E-state index in [0.717, 1.165) is 0 Å². The molecule has 0 bridgehead atoms. The highest BCUT2D eigenvalue weighted by Crippen LogP contribution is 2.25. The van der Waals surface area contributed by atoms with Crippen molar-refractivity contribution in [2.24, 2.45) is 0 Å². The predicted octanol–water partition coefficient (Wildman–Crippen LogP) is 2.16. The van der Waals surface area contributed by atoms with Crippen LogP contribution in [0.5, 0.6) is 0 Å². The first-order valence-corrected chi connectivity index (χ1v) is 3.63. The minimum absolute atomic E-state index is 1.03. The molecule has 0 unspecified atom stereocenters. The minimum Gasteiger partial charge on any atom is -0.291 e. The number of hydrogen-bond donors (Lipinski definition) is 0. The van der Waals surface area contributed by atoms with Gasteiger partial charge in [0, 0.05) is 0 Å². The lowest BCUT2D eigenvalue weighted by Gasteiger charge is -2.19. The fraction of sp³-hybridized carbons (Fsp3) is 0.857. The van der Waals surface area contributed by atoms with Crippen molar-refractivity contribution in [3.63, 3.8) is 0 Å². The molecule has 0 aliphatic heterocycles. The Morgan fingerprint density at radius 2 is 1.64 bits per heavy atom. The van der Waals surface area contributed by atoms with Crippen molar-refractivity contribution in [1.29, 1.82) is 0 Å². The van der Waals surface area contributed by atoms with E-state index < -0.39 is 23.9 Å². The second kappa shape index (κ2) is 4.12. The highest BCUT2D eigenvalue weighted by molar-refractivity contribution is 5.77. The van der Waals surface area contributed by atoms with Crippen LogP contribution in [0.15, 0.2) is 0 Å². The minimum atomic E-state index is -4.84. The van der Waals surface area contributed by atoms with Gasteiger partial charge in [-0.15, -0.1) is 0 Å². The Morgan fingerprint density at radius 3 is 1.93 bits per heavy atom. The Kier molecular flexibility index (Phi) is 3.87. The van der Waals surface area contributed by atoms with Crippen LogP contribution in [0, 0.1) is 0 Å². The first-order valence-electron chi connectivity index (χ1n) is 3.63. The van der Waals surface area contributed by atoms with Gasteiger partial charge < -0.3 is 0 Å². The van der Waals surface area contributed by atoms with E-state index in [-0.39, 0.29) is 0 Å². The summed E-state index contributed by atoms with van der Waals surface area (Å²) in [5.41, 5.74) is -1.03. The van der Waals surface area contributed by atoms with Crippen LogP contribution >= 0.6 is 0 Å². The van der Waals surface area contributed by atoms with Gasteiger partial charge in [-0.2, -0.15) is 13.7 Å². The monoisotopic (exact) mass is 218 g/mol. The number of halogens is 4. The third-order valence-electron chi connectivity index (χ3n) is 0.914. The Labute approximate surface area is 77.9 Å². The van der Waals surface area contributed by atoms with Gasteiger partial charge in [0.25, 0.3) is 0 Å². The van der Waals surface area contributed by atoms with Gasteiger partial charge in [-0.25, -0.2) is 13.6 Å². The maximum Gasteiger partial charge on any atom is 0.417 e. The van der Waals surface area contributed by atoms with Gasteiger partial charge in [0.05, 0.1) is 0 Å². The van der Waals surface area contributed by atoms with E-state index in [1.807, 2.05) is 0 Å². The number of alkyl halides is 4. The zero-order chi connectivity index (χ0) is 11.6. The highest BCUT2D eigenvalue weighted by atomic mass is 19.3. The molecule has 0 aromatic rings. The third kappa shape index (κ3) is 3.91. The highest BCUT2D eigenvalue weighted by Gasteiger charge is 2.52. The fourth-order valence-electron chi connectivity index (χ4n) is 0.307. The van der Waals surface area contributed by atoms with Gasteiger partial charge in [-0.3, -0.25) is 4.89 Å². The number of carbonyl (C=O) groups is 1. The number of rotatable bonds is 3. The fourth-order valence-corrected chi connectivity index (χ4v) is 0.307. The van der Waals surface area contributed by atoms with Crippen LogP contribution in [-0.2, 0) is 14.6 Å². The molecule has 0 saturated heterocycles.